The van der Waals surface area contributed by atoms with Crippen molar-refractivity contribution in [2.45, 2.75) is 12.1 Å². The number of rotatable bonds is 6. The fourth-order valence-electron chi connectivity index (χ4n) is 3.81. The minimum absolute atomic E-state index is 0.277. The average Bonchev–Trinajstić information content (AvgIpc) is 3.14. The fraction of sp³-hybridized carbons (Fsp3) is 0.192. The van der Waals surface area contributed by atoms with Crippen molar-refractivity contribution < 1.29 is 19.0 Å². The Bertz CT molecular complexity index is 1160. The lowest BCUT2D eigenvalue weighted by molar-refractivity contribution is -0.596. The van der Waals surface area contributed by atoms with E-state index in [1.54, 1.807) is 36.1 Å². The van der Waals surface area contributed by atoms with E-state index < -0.39 is 12.1 Å². The van der Waals surface area contributed by atoms with Crippen LogP contribution >= 0.6 is 0 Å². The molecular formula is C26H27N4O3+. The third kappa shape index (κ3) is 4.87. The van der Waals surface area contributed by atoms with Crippen LogP contribution in [0, 0.1) is 0 Å². The van der Waals surface area contributed by atoms with Crippen LogP contribution in [0.25, 0.3) is 0 Å². The maximum absolute atomic E-state index is 13.0. The fourth-order valence-corrected chi connectivity index (χ4v) is 3.81. The van der Waals surface area contributed by atoms with Crippen LogP contribution in [0.1, 0.15) is 27.5 Å². The van der Waals surface area contributed by atoms with Gasteiger partial charge in [-0.15, -0.1) is 10.1 Å². The topological polar surface area (TPSA) is 73.7 Å². The van der Waals surface area contributed by atoms with Crippen molar-refractivity contribution in [1.29, 1.82) is 0 Å². The number of nitrogens with zero attached hydrogens (tertiary/aromatic N) is 2. The highest BCUT2D eigenvalue weighted by Crippen LogP contribution is 2.27. The molecule has 7 nitrogen and oxygen atoms in total. The smallest absolute Gasteiger partial charge is 0.304 e. The van der Waals surface area contributed by atoms with Crippen molar-refractivity contribution in [2.24, 2.45) is 0 Å². The van der Waals surface area contributed by atoms with E-state index in [9.17, 15) is 9.59 Å². The zero-order valence-electron chi connectivity index (χ0n) is 18.9. The van der Waals surface area contributed by atoms with Gasteiger partial charge in [0.2, 0.25) is 12.3 Å². The molecule has 168 valence electrons. The summed E-state index contributed by atoms with van der Waals surface area (Å²) < 4.78 is 7.03. The molecule has 1 heterocycles. The molecule has 1 saturated heterocycles. The molecule has 33 heavy (non-hydrogen) atoms. The number of carbonyl (C=O) groups excluding carboxylic acids is 2. The lowest BCUT2D eigenvalue weighted by Crippen LogP contribution is -2.42. The van der Waals surface area contributed by atoms with Crippen molar-refractivity contribution in [1.82, 2.24) is 10.7 Å². The van der Waals surface area contributed by atoms with Gasteiger partial charge in [0, 0.05) is 36.5 Å². The molecule has 0 unspecified atom stereocenters. The Morgan fingerprint density at radius 2 is 1.67 bits per heavy atom. The monoisotopic (exact) mass is 443 g/mol. The number of methoxy groups -OCH3 is 1. The van der Waals surface area contributed by atoms with Gasteiger partial charge in [-0.3, -0.25) is 9.59 Å². The van der Waals surface area contributed by atoms with Crippen LogP contribution < -0.4 is 20.4 Å². The minimum Gasteiger partial charge on any atom is -0.497 e. The summed E-state index contributed by atoms with van der Waals surface area (Å²) in [5.41, 5.74) is 6.28. The van der Waals surface area contributed by atoms with Crippen molar-refractivity contribution in [3.05, 3.63) is 95.6 Å². The number of hydrogen-bond acceptors (Lipinski definition) is 4. The first-order valence-corrected chi connectivity index (χ1v) is 10.7. The van der Waals surface area contributed by atoms with Gasteiger partial charge in [-0.1, -0.05) is 18.2 Å². The summed E-state index contributed by atoms with van der Waals surface area (Å²) >= 11 is 0. The molecule has 2 N–H and O–H groups in total. The van der Waals surface area contributed by atoms with Crippen LogP contribution in [0.5, 0.6) is 5.75 Å². The van der Waals surface area contributed by atoms with Gasteiger partial charge >= 0.3 is 5.91 Å². The molecule has 2 amide bonds. The van der Waals surface area contributed by atoms with E-state index in [4.69, 9.17) is 4.74 Å². The van der Waals surface area contributed by atoms with Crippen LogP contribution in [0.2, 0.25) is 0 Å². The quantitative estimate of drug-likeness (QED) is 0.575. The summed E-state index contributed by atoms with van der Waals surface area (Å²) in [5, 5.41) is 2.91. The highest BCUT2D eigenvalue weighted by atomic mass is 16.5. The molecule has 7 heteroatoms. The molecule has 1 aliphatic heterocycles. The van der Waals surface area contributed by atoms with Crippen LogP contribution in [0.15, 0.2) is 78.9 Å². The lowest BCUT2D eigenvalue weighted by atomic mass is 9.99. The molecular weight excluding hydrogens is 416 g/mol. The molecule has 1 aliphatic rings. The molecule has 3 aromatic carbocycles. The Kier molecular flexibility index (Phi) is 6.40. The number of hydrogen-bond donors (Lipinski definition) is 2. The van der Waals surface area contributed by atoms with Crippen molar-refractivity contribution in [3.63, 3.8) is 0 Å². The first-order valence-electron chi connectivity index (χ1n) is 10.7. The van der Waals surface area contributed by atoms with Gasteiger partial charge in [0.25, 0.3) is 5.91 Å². The highest BCUT2D eigenvalue weighted by molar-refractivity contribution is 5.98. The molecule has 1 fully saturated rings. The van der Waals surface area contributed by atoms with E-state index in [1.165, 1.54) is 0 Å². The number of benzene rings is 3. The van der Waals surface area contributed by atoms with E-state index >= 15 is 0 Å². The van der Waals surface area contributed by atoms with E-state index in [0.29, 0.717) is 5.56 Å². The van der Waals surface area contributed by atoms with Crippen LogP contribution in [0.4, 0.5) is 5.69 Å². The van der Waals surface area contributed by atoms with Crippen LogP contribution in [0.3, 0.4) is 0 Å². The second kappa shape index (κ2) is 9.56. The normalized spacial score (nSPS) is 18.6. The van der Waals surface area contributed by atoms with Crippen molar-refractivity contribution in [3.8, 4) is 5.75 Å². The molecule has 0 saturated carbocycles. The summed E-state index contributed by atoms with van der Waals surface area (Å²) in [6, 6.07) is 23.2. The predicted octanol–water partition coefficient (Wildman–Crippen LogP) is 2.78. The number of ether oxygens (including phenoxy) is 1. The minimum atomic E-state index is -0.775. The van der Waals surface area contributed by atoms with Crippen LogP contribution in [-0.4, -0.2) is 50.0 Å². The van der Waals surface area contributed by atoms with Crippen molar-refractivity contribution in [2.75, 3.05) is 26.1 Å². The second-order valence-corrected chi connectivity index (χ2v) is 8.03. The first kappa shape index (κ1) is 22.1. The summed E-state index contributed by atoms with van der Waals surface area (Å²) in [4.78, 5) is 27.8. The van der Waals surface area contributed by atoms with E-state index in [0.717, 1.165) is 22.6 Å². The predicted molar refractivity (Wildman–Crippen MR) is 128 cm³/mol. The highest BCUT2D eigenvalue weighted by Gasteiger charge is 2.47. The number of hydrazone groups is 1. The molecule has 4 rings (SSSR count). The molecule has 2 atom stereocenters. The summed E-state index contributed by atoms with van der Waals surface area (Å²) in [5.74, 6) is 0.142. The Morgan fingerprint density at radius 3 is 2.27 bits per heavy atom. The number of hydrazine groups is 1. The lowest BCUT2D eigenvalue weighted by Gasteiger charge is -2.15. The number of amides is 2. The Hall–Kier alpha value is -4.13. The number of anilines is 1. The molecule has 0 aliphatic carbocycles. The SMILES string of the molecule is COc1ccc([C@H]2[C@@H](NC(=O)c3ccccc3)C(=O)N/[N+]2=C\c2ccc(N(C)C)cc2)cc1. The average molecular weight is 444 g/mol. The summed E-state index contributed by atoms with van der Waals surface area (Å²) in [6.07, 6.45) is 1.88. The third-order valence-corrected chi connectivity index (χ3v) is 5.61. The van der Waals surface area contributed by atoms with Gasteiger partial charge in [-0.25, -0.2) is 0 Å². The van der Waals surface area contributed by atoms with Crippen molar-refractivity contribution >= 4 is 23.7 Å². The third-order valence-electron chi connectivity index (χ3n) is 5.61. The van der Waals surface area contributed by atoms with Gasteiger partial charge in [0.05, 0.1) is 7.11 Å². The number of carbonyl (C=O) groups is 2. The molecule has 3 aromatic rings. The second-order valence-electron chi connectivity index (χ2n) is 8.03. The maximum Gasteiger partial charge on any atom is 0.304 e. The van der Waals surface area contributed by atoms with Gasteiger partial charge in [-0.2, -0.15) is 0 Å². The number of nitrogens with one attached hydrogen (secondary N) is 2. The summed E-state index contributed by atoms with van der Waals surface area (Å²) in [6.45, 7) is 0. The van der Waals surface area contributed by atoms with Gasteiger partial charge in [0.15, 0.2) is 6.04 Å². The zero-order chi connectivity index (χ0) is 23.4. The van der Waals surface area contributed by atoms with E-state index in [1.807, 2.05) is 79.8 Å². The standard InChI is InChI=1S/C26H26N4O3/c1-29(2)21-13-9-18(10-14-21)17-30-24(19-11-15-22(33-3)16-12-19)23(26(32)28-30)27-25(31)20-7-5-4-6-8-20/h4-17,23-24H,1-3H3,(H-,27,28,31,32)/p+1/t23-,24+/m1/s1. The van der Waals surface area contributed by atoms with Gasteiger partial charge < -0.3 is 15.0 Å². The Morgan fingerprint density at radius 1 is 1.00 bits per heavy atom. The maximum atomic E-state index is 13.0. The van der Waals surface area contributed by atoms with Gasteiger partial charge in [-0.05, 0) is 60.7 Å². The summed E-state index contributed by atoms with van der Waals surface area (Å²) in [7, 11) is 5.58. The van der Waals surface area contributed by atoms with Gasteiger partial charge in [0.1, 0.15) is 5.75 Å². The molecule has 0 aromatic heterocycles. The molecule has 0 spiro atoms. The van der Waals surface area contributed by atoms with E-state index in [2.05, 4.69) is 10.7 Å². The largest absolute Gasteiger partial charge is 0.497 e. The first-order chi connectivity index (χ1) is 16.0. The van der Waals surface area contributed by atoms with Crippen LogP contribution in [-0.2, 0) is 4.79 Å². The Balaban J connectivity index is 1.69. The molecule has 0 bridgehead atoms. The van der Waals surface area contributed by atoms with E-state index in [-0.39, 0.29) is 11.8 Å². The zero-order valence-corrected chi connectivity index (χ0v) is 18.9. The molecule has 0 radical (unpaired) electrons. The Labute approximate surface area is 193 Å².